The predicted octanol–water partition coefficient (Wildman–Crippen LogP) is 1.95. The Balaban J connectivity index is 1.89. The highest BCUT2D eigenvalue weighted by atomic mass is 19.3. The van der Waals surface area contributed by atoms with Crippen LogP contribution in [0.5, 0.6) is 5.75 Å². The summed E-state index contributed by atoms with van der Waals surface area (Å²) in [6.45, 7) is 1.65. The van der Waals surface area contributed by atoms with Crippen molar-refractivity contribution in [1.29, 1.82) is 0 Å². The van der Waals surface area contributed by atoms with Crippen LogP contribution in [0.4, 0.5) is 14.5 Å². The summed E-state index contributed by atoms with van der Waals surface area (Å²) in [7, 11) is 0. The summed E-state index contributed by atoms with van der Waals surface area (Å²) in [6.07, 6.45) is 0. The molecule has 1 aliphatic heterocycles. The Hall–Kier alpha value is -1.73. The zero-order chi connectivity index (χ0) is 15.2. The monoisotopic (exact) mass is 300 g/mol. The number of hydrogen-bond donors (Lipinski definition) is 1. The van der Waals surface area contributed by atoms with Gasteiger partial charge < -0.3 is 14.8 Å². The van der Waals surface area contributed by atoms with Crippen LogP contribution in [0.25, 0.3) is 0 Å². The molecule has 1 saturated heterocycles. The highest BCUT2D eigenvalue weighted by molar-refractivity contribution is 5.94. The molecule has 0 spiro atoms. The van der Waals surface area contributed by atoms with E-state index < -0.39 is 6.61 Å². The van der Waals surface area contributed by atoms with Crippen LogP contribution < -0.4 is 10.1 Å². The highest BCUT2D eigenvalue weighted by Gasteiger charge is 2.23. The van der Waals surface area contributed by atoms with Gasteiger partial charge in [0.05, 0.1) is 19.3 Å². The third kappa shape index (κ3) is 4.64. The number of ether oxygens (including phenoxy) is 2. The third-order valence-electron chi connectivity index (χ3n) is 3.32. The highest BCUT2D eigenvalue weighted by Crippen LogP contribution is 2.18. The molecule has 1 fully saturated rings. The number of alkyl halides is 2. The van der Waals surface area contributed by atoms with Gasteiger partial charge in [-0.2, -0.15) is 8.78 Å². The average Bonchev–Trinajstić information content (AvgIpc) is 2.49. The second-order valence-electron chi connectivity index (χ2n) is 4.72. The Kier molecular flexibility index (Phi) is 5.46. The lowest BCUT2D eigenvalue weighted by Gasteiger charge is -2.31. The van der Waals surface area contributed by atoms with Crippen molar-refractivity contribution < 1.29 is 23.0 Å². The molecule has 2 rings (SSSR count). The number of nitrogens with zero attached hydrogens (tertiary/aromatic N) is 1. The first kappa shape index (κ1) is 15.7. The van der Waals surface area contributed by atoms with Crippen molar-refractivity contribution in [3.63, 3.8) is 0 Å². The lowest BCUT2D eigenvalue weighted by atomic mass is 10.2. The summed E-state index contributed by atoms with van der Waals surface area (Å²) in [5.41, 5.74) is 0.543. The van der Waals surface area contributed by atoms with Crippen LogP contribution in [0.1, 0.15) is 6.92 Å². The average molecular weight is 300 g/mol. The molecule has 0 aliphatic carbocycles. The summed E-state index contributed by atoms with van der Waals surface area (Å²) in [6, 6.07) is 5.57. The molecule has 1 aromatic rings. The summed E-state index contributed by atoms with van der Waals surface area (Å²) < 4.78 is 33.6. The number of hydrogen-bond acceptors (Lipinski definition) is 4. The van der Waals surface area contributed by atoms with E-state index in [1.54, 1.807) is 0 Å². The number of nitrogens with one attached hydrogen (secondary N) is 1. The van der Waals surface area contributed by atoms with Crippen molar-refractivity contribution in [2.45, 2.75) is 19.6 Å². The second kappa shape index (κ2) is 7.33. The Morgan fingerprint density at radius 1 is 1.29 bits per heavy atom. The molecule has 1 amide bonds. The number of morpholine rings is 1. The SMILES string of the molecule is CC(C(=O)Nc1ccc(OC(F)F)cc1)N1CCOCC1. The number of amides is 1. The molecule has 1 heterocycles. The fraction of sp³-hybridized carbons (Fsp3) is 0.500. The van der Waals surface area contributed by atoms with Gasteiger partial charge in [-0.05, 0) is 31.2 Å². The number of rotatable bonds is 5. The molecule has 116 valence electrons. The van der Waals surface area contributed by atoms with E-state index >= 15 is 0 Å². The first-order valence-corrected chi connectivity index (χ1v) is 6.74. The molecule has 0 radical (unpaired) electrons. The van der Waals surface area contributed by atoms with E-state index in [4.69, 9.17) is 4.74 Å². The van der Waals surface area contributed by atoms with Crippen molar-refractivity contribution in [3.05, 3.63) is 24.3 Å². The maximum atomic E-state index is 12.1. The van der Waals surface area contributed by atoms with Gasteiger partial charge in [0.15, 0.2) is 0 Å². The molecular formula is C14H18F2N2O3. The molecule has 1 aliphatic rings. The zero-order valence-corrected chi connectivity index (χ0v) is 11.7. The van der Waals surface area contributed by atoms with Crippen LogP contribution in [-0.2, 0) is 9.53 Å². The van der Waals surface area contributed by atoms with Crippen LogP contribution in [0.15, 0.2) is 24.3 Å². The van der Waals surface area contributed by atoms with E-state index in [1.165, 1.54) is 24.3 Å². The van der Waals surface area contributed by atoms with Crippen molar-refractivity contribution in [2.75, 3.05) is 31.6 Å². The molecule has 0 bridgehead atoms. The molecule has 1 unspecified atom stereocenters. The lowest BCUT2D eigenvalue weighted by molar-refractivity contribution is -0.122. The molecule has 7 heteroatoms. The summed E-state index contributed by atoms with van der Waals surface area (Å²) in [5.74, 6) is -0.0799. The number of anilines is 1. The topological polar surface area (TPSA) is 50.8 Å². The van der Waals surface area contributed by atoms with E-state index in [0.717, 1.165) is 13.1 Å². The minimum Gasteiger partial charge on any atom is -0.435 e. The van der Waals surface area contributed by atoms with Crippen molar-refractivity contribution in [3.8, 4) is 5.75 Å². The van der Waals surface area contributed by atoms with E-state index in [2.05, 4.69) is 10.1 Å². The van der Waals surface area contributed by atoms with Gasteiger partial charge in [-0.3, -0.25) is 9.69 Å². The van der Waals surface area contributed by atoms with Gasteiger partial charge >= 0.3 is 6.61 Å². The van der Waals surface area contributed by atoms with Crippen LogP contribution >= 0.6 is 0 Å². The lowest BCUT2D eigenvalue weighted by Crippen LogP contribution is -2.47. The molecule has 0 aromatic heterocycles. The van der Waals surface area contributed by atoms with Crippen LogP contribution in [0.2, 0.25) is 0 Å². The summed E-state index contributed by atoms with van der Waals surface area (Å²) >= 11 is 0. The Labute approximate surface area is 121 Å². The largest absolute Gasteiger partial charge is 0.435 e. The standard InChI is InChI=1S/C14H18F2N2O3/c1-10(18-6-8-20-9-7-18)13(19)17-11-2-4-12(5-3-11)21-14(15)16/h2-5,10,14H,6-9H2,1H3,(H,17,19). The summed E-state index contributed by atoms with van der Waals surface area (Å²) in [4.78, 5) is 14.2. The minimum atomic E-state index is -2.85. The fourth-order valence-electron chi connectivity index (χ4n) is 2.10. The van der Waals surface area contributed by atoms with Crippen molar-refractivity contribution in [1.82, 2.24) is 4.90 Å². The molecule has 1 aromatic carbocycles. The first-order valence-electron chi connectivity index (χ1n) is 6.74. The fourth-order valence-corrected chi connectivity index (χ4v) is 2.10. The van der Waals surface area contributed by atoms with Gasteiger partial charge in [-0.15, -0.1) is 0 Å². The van der Waals surface area contributed by atoms with Crippen LogP contribution in [0.3, 0.4) is 0 Å². The van der Waals surface area contributed by atoms with Gasteiger partial charge in [0, 0.05) is 18.8 Å². The summed E-state index contributed by atoms with van der Waals surface area (Å²) in [5, 5.41) is 2.76. The number of carbonyl (C=O) groups is 1. The maximum absolute atomic E-state index is 12.1. The van der Waals surface area contributed by atoms with Crippen molar-refractivity contribution in [2.24, 2.45) is 0 Å². The number of carbonyl (C=O) groups excluding carboxylic acids is 1. The molecular weight excluding hydrogens is 282 g/mol. The number of benzene rings is 1. The first-order chi connectivity index (χ1) is 10.1. The molecule has 5 nitrogen and oxygen atoms in total. The Morgan fingerprint density at radius 3 is 2.48 bits per heavy atom. The van der Waals surface area contributed by atoms with E-state index in [9.17, 15) is 13.6 Å². The molecule has 1 N–H and O–H groups in total. The van der Waals surface area contributed by atoms with E-state index in [0.29, 0.717) is 18.9 Å². The molecule has 0 saturated carbocycles. The molecule has 21 heavy (non-hydrogen) atoms. The smallest absolute Gasteiger partial charge is 0.387 e. The van der Waals surface area contributed by atoms with Gasteiger partial charge in [-0.1, -0.05) is 0 Å². The quantitative estimate of drug-likeness (QED) is 0.903. The van der Waals surface area contributed by atoms with Crippen molar-refractivity contribution >= 4 is 11.6 Å². The normalized spacial score (nSPS) is 17.5. The van der Waals surface area contributed by atoms with Crippen LogP contribution in [0, 0.1) is 0 Å². The second-order valence-corrected chi connectivity index (χ2v) is 4.72. The maximum Gasteiger partial charge on any atom is 0.387 e. The van der Waals surface area contributed by atoms with Gasteiger partial charge in [0.2, 0.25) is 5.91 Å². The van der Waals surface area contributed by atoms with Crippen LogP contribution in [-0.4, -0.2) is 49.8 Å². The van der Waals surface area contributed by atoms with E-state index in [-0.39, 0.29) is 17.7 Å². The van der Waals surface area contributed by atoms with E-state index in [1.807, 2.05) is 11.8 Å². The van der Waals surface area contributed by atoms with Gasteiger partial charge in [-0.25, -0.2) is 0 Å². The van der Waals surface area contributed by atoms with Gasteiger partial charge in [0.25, 0.3) is 0 Å². The Bertz CT molecular complexity index is 462. The minimum absolute atomic E-state index is 0.0595. The van der Waals surface area contributed by atoms with Gasteiger partial charge in [0.1, 0.15) is 5.75 Å². The number of halogens is 2. The zero-order valence-electron chi connectivity index (χ0n) is 11.7. The molecule has 1 atom stereocenters. The Morgan fingerprint density at radius 2 is 1.90 bits per heavy atom. The third-order valence-corrected chi connectivity index (χ3v) is 3.32. The predicted molar refractivity (Wildman–Crippen MR) is 73.6 cm³/mol.